The highest BCUT2D eigenvalue weighted by atomic mass is 15.2. The predicted molar refractivity (Wildman–Crippen MR) is 163 cm³/mol. The summed E-state index contributed by atoms with van der Waals surface area (Å²) in [4.78, 5) is 7.75. The van der Waals surface area contributed by atoms with Crippen molar-refractivity contribution in [1.29, 1.82) is 0 Å². The lowest BCUT2D eigenvalue weighted by atomic mass is 9.63. The molecule has 3 heteroatoms. The maximum atomic E-state index is 2.58. The number of rotatable bonds is 3. The summed E-state index contributed by atoms with van der Waals surface area (Å²) in [5, 5.41) is 0. The van der Waals surface area contributed by atoms with Crippen LogP contribution in [-0.4, -0.2) is 72.1 Å². The quantitative estimate of drug-likeness (QED) is 0.378. The van der Waals surface area contributed by atoms with Crippen LogP contribution in [0.4, 0.5) is 0 Å². The topological polar surface area (TPSA) is 9.72 Å². The van der Waals surface area contributed by atoms with Gasteiger partial charge >= 0.3 is 0 Å². The first-order valence-electron chi connectivity index (χ1n) is 16.4. The van der Waals surface area contributed by atoms with E-state index in [1.165, 1.54) is 97.1 Å². The molecule has 0 radical (unpaired) electrons. The molecule has 3 heterocycles. The van der Waals surface area contributed by atoms with Crippen LogP contribution >= 0.6 is 0 Å². The monoisotopic (exact) mass is 508 g/mol. The third-order valence-electron chi connectivity index (χ3n) is 9.66. The minimum atomic E-state index is 0.784. The molecule has 0 N–H and O–H groups in total. The van der Waals surface area contributed by atoms with Gasteiger partial charge in [0.25, 0.3) is 0 Å². The van der Waals surface area contributed by atoms with Gasteiger partial charge in [-0.2, -0.15) is 0 Å². The van der Waals surface area contributed by atoms with Crippen LogP contribution < -0.4 is 0 Å². The van der Waals surface area contributed by atoms with Crippen molar-refractivity contribution in [1.82, 2.24) is 14.7 Å². The first kappa shape index (κ1) is 33.9. The predicted octanol–water partition coefficient (Wildman–Crippen LogP) is 8.72. The van der Waals surface area contributed by atoms with Crippen LogP contribution in [-0.2, 0) is 0 Å². The maximum absolute atomic E-state index is 2.58. The normalized spacial score (nSPS) is 25.8. The summed E-state index contributed by atoms with van der Waals surface area (Å²) < 4.78 is 0. The van der Waals surface area contributed by atoms with E-state index in [4.69, 9.17) is 0 Å². The van der Waals surface area contributed by atoms with Crippen molar-refractivity contribution in [3.63, 3.8) is 0 Å². The minimum absolute atomic E-state index is 0.784. The highest BCUT2D eigenvalue weighted by molar-refractivity contribution is 5.02. The van der Waals surface area contributed by atoms with Gasteiger partial charge in [0.2, 0.25) is 0 Å². The molecule has 0 amide bonds. The van der Waals surface area contributed by atoms with E-state index in [1.54, 1.807) is 0 Å². The van der Waals surface area contributed by atoms with Crippen LogP contribution in [0.25, 0.3) is 0 Å². The van der Waals surface area contributed by atoms with Crippen LogP contribution in [0.2, 0.25) is 0 Å². The van der Waals surface area contributed by atoms with E-state index in [2.05, 4.69) is 56.2 Å². The molecule has 6 rings (SSSR count). The summed E-state index contributed by atoms with van der Waals surface area (Å²) >= 11 is 0. The highest BCUT2D eigenvalue weighted by Crippen LogP contribution is 2.50. The molecule has 3 aliphatic heterocycles. The Kier molecular flexibility index (Phi) is 14.6. The molecular formula is C33H69N3. The molecule has 3 aliphatic carbocycles. The van der Waals surface area contributed by atoms with Crippen molar-refractivity contribution in [3.05, 3.63) is 0 Å². The van der Waals surface area contributed by atoms with Crippen molar-refractivity contribution in [2.24, 2.45) is 16.2 Å². The summed E-state index contributed by atoms with van der Waals surface area (Å²) in [6.45, 7) is 34.1. The highest BCUT2D eigenvalue weighted by Gasteiger charge is 2.49. The molecule has 3 nitrogen and oxygen atoms in total. The van der Waals surface area contributed by atoms with E-state index < -0.39 is 0 Å². The molecule has 0 atom stereocenters. The number of nitrogens with zero attached hydrogens (tertiary/aromatic N) is 3. The molecule has 0 aromatic carbocycles. The Balaban J connectivity index is 0.000000244. The first-order valence-corrected chi connectivity index (χ1v) is 16.4. The van der Waals surface area contributed by atoms with Gasteiger partial charge in [0.05, 0.1) is 0 Å². The lowest BCUT2D eigenvalue weighted by Gasteiger charge is -2.57. The second-order valence-electron chi connectivity index (χ2n) is 13.1. The van der Waals surface area contributed by atoms with E-state index in [9.17, 15) is 0 Å². The summed E-state index contributed by atoms with van der Waals surface area (Å²) in [6, 6.07) is 2.35. The summed E-state index contributed by atoms with van der Waals surface area (Å²) in [6.07, 6.45) is 13.5. The van der Waals surface area contributed by atoms with Gasteiger partial charge in [-0.25, -0.2) is 0 Å². The zero-order valence-corrected chi connectivity index (χ0v) is 27.2. The molecule has 0 unspecified atom stereocenters. The Labute approximate surface area is 229 Å². The summed E-state index contributed by atoms with van der Waals surface area (Å²) in [5.74, 6) is 0. The van der Waals surface area contributed by atoms with Crippen LogP contribution in [0.3, 0.4) is 0 Å². The molecule has 6 fully saturated rings. The zero-order valence-electron chi connectivity index (χ0n) is 27.2. The largest absolute Gasteiger partial charge is 0.300 e. The molecule has 0 aromatic heterocycles. The van der Waals surface area contributed by atoms with E-state index in [1.807, 2.05) is 41.5 Å². The molecule has 6 aliphatic rings. The van der Waals surface area contributed by atoms with Gasteiger partial charge in [-0.15, -0.1) is 0 Å². The molecule has 3 saturated heterocycles. The van der Waals surface area contributed by atoms with Gasteiger partial charge in [0.15, 0.2) is 0 Å². The molecule has 216 valence electrons. The van der Waals surface area contributed by atoms with Crippen LogP contribution in [0.15, 0.2) is 0 Å². The van der Waals surface area contributed by atoms with Gasteiger partial charge < -0.3 is 0 Å². The van der Waals surface area contributed by atoms with Crippen molar-refractivity contribution in [2.75, 3.05) is 39.3 Å². The van der Waals surface area contributed by atoms with E-state index in [-0.39, 0.29) is 0 Å². The van der Waals surface area contributed by atoms with E-state index >= 15 is 0 Å². The van der Waals surface area contributed by atoms with Gasteiger partial charge in [-0.1, -0.05) is 60.8 Å². The summed E-state index contributed by atoms with van der Waals surface area (Å²) in [5.41, 5.74) is 2.47. The van der Waals surface area contributed by atoms with Crippen LogP contribution in [0, 0.1) is 16.2 Å². The second-order valence-corrected chi connectivity index (χ2v) is 13.1. The Bertz CT molecular complexity index is 465. The second kappa shape index (κ2) is 15.5. The number of likely N-dealkylation sites (tertiary alicyclic amines) is 3. The molecule has 36 heavy (non-hydrogen) atoms. The third-order valence-corrected chi connectivity index (χ3v) is 9.66. The fourth-order valence-corrected chi connectivity index (χ4v) is 6.52. The van der Waals surface area contributed by atoms with E-state index in [0.29, 0.717) is 0 Å². The Hall–Kier alpha value is -0.120. The smallest absolute Gasteiger partial charge is 0.00532 e. The molecule has 3 saturated carbocycles. The van der Waals surface area contributed by atoms with Crippen molar-refractivity contribution in [3.8, 4) is 0 Å². The van der Waals surface area contributed by atoms with Gasteiger partial charge in [-0.3, -0.25) is 14.7 Å². The SMILES string of the molecule is CC.CC.CC.CC(C)N1CC2(CCC2)C1.CC(C)N1CC2(CCC2)C1.CC(C)N1CC2(CCC2)C1. The Morgan fingerprint density at radius 1 is 0.361 bits per heavy atom. The average Bonchev–Trinajstić information content (AvgIpc) is 2.66. The zero-order chi connectivity index (χ0) is 27.6. The number of hydrogen-bond acceptors (Lipinski definition) is 3. The first-order chi connectivity index (χ1) is 17.2. The average molecular weight is 508 g/mol. The van der Waals surface area contributed by atoms with Gasteiger partial charge in [-0.05, 0) is 96.3 Å². The molecule has 0 aromatic rings. The third kappa shape index (κ3) is 8.44. The Morgan fingerprint density at radius 3 is 0.611 bits per heavy atom. The molecule has 3 spiro atoms. The summed E-state index contributed by atoms with van der Waals surface area (Å²) in [7, 11) is 0. The van der Waals surface area contributed by atoms with Crippen LogP contribution in [0.5, 0.6) is 0 Å². The lowest BCUT2D eigenvalue weighted by Crippen LogP contribution is -2.61. The minimum Gasteiger partial charge on any atom is -0.300 e. The van der Waals surface area contributed by atoms with Crippen molar-refractivity contribution >= 4 is 0 Å². The maximum Gasteiger partial charge on any atom is 0.00532 e. The van der Waals surface area contributed by atoms with Gasteiger partial charge in [0, 0.05) is 57.4 Å². The molecular weight excluding hydrogens is 438 g/mol. The van der Waals surface area contributed by atoms with E-state index in [0.717, 1.165) is 34.4 Å². The molecule has 0 bridgehead atoms. The lowest BCUT2D eigenvalue weighted by molar-refractivity contribution is -0.0758. The fraction of sp³-hybridized carbons (Fsp3) is 1.00. The van der Waals surface area contributed by atoms with Gasteiger partial charge in [0.1, 0.15) is 0 Å². The Morgan fingerprint density at radius 2 is 0.528 bits per heavy atom. The van der Waals surface area contributed by atoms with Crippen molar-refractivity contribution < 1.29 is 0 Å². The number of hydrogen-bond donors (Lipinski definition) is 0. The fourth-order valence-electron chi connectivity index (χ4n) is 6.52. The standard InChI is InChI=1S/3C9H17N.3C2H6/c3*1-8(2)10-6-9(7-10)4-3-5-9;3*1-2/h3*8H,3-7H2,1-2H3;3*1-2H3. The van der Waals surface area contributed by atoms with Crippen molar-refractivity contribution in [2.45, 2.75) is 159 Å². The van der Waals surface area contributed by atoms with Crippen LogP contribution in [0.1, 0.15) is 141 Å².